The number of halogens is 1. The second-order valence-corrected chi connectivity index (χ2v) is 7.05. The summed E-state index contributed by atoms with van der Waals surface area (Å²) in [5, 5.41) is 3.00. The maximum Gasteiger partial charge on any atom is 0.307 e. The molecule has 0 atom stereocenters. The molecule has 0 saturated carbocycles. The number of benzene rings is 2. The van der Waals surface area contributed by atoms with E-state index in [1.54, 1.807) is 30.0 Å². The molecule has 2 aromatic rings. The van der Waals surface area contributed by atoms with E-state index in [1.165, 1.54) is 12.7 Å². The number of aryl methyl sites for hydroxylation is 1. The molecule has 0 spiro atoms. The fourth-order valence-electron chi connectivity index (χ4n) is 2.05. The van der Waals surface area contributed by atoms with E-state index in [-0.39, 0.29) is 13.0 Å². The van der Waals surface area contributed by atoms with Crippen LogP contribution in [0.25, 0.3) is 0 Å². The fourth-order valence-corrected chi connectivity index (χ4v) is 3.14. The Morgan fingerprint density at radius 2 is 1.88 bits per heavy atom. The van der Waals surface area contributed by atoms with Gasteiger partial charge in [0.05, 0.1) is 18.6 Å². The van der Waals surface area contributed by atoms with Gasteiger partial charge in [0.1, 0.15) is 5.75 Å². The molecule has 1 amide bonds. The van der Waals surface area contributed by atoms with Crippen molar-refractivity contribution >= 4 is 40.9 Å². The van der Waals surface area contributed by atoms with Crippen molar-refractivity contribution in [2.75, 3.05) is 24.8 Å². The molecular weight excluding hydrogens is 374 g/mol. The average Bonchev–Trinajstić information content (AvgIpc) is 2.62. The Morgan fingerprint density at radius 1 is 1.15 bits per heavy atom. The lowest BCUT2D eigenvalue weighted by atomic mass is 10.2. The van der Waals surface area contributed by atoms with E-state index in [1.807, 2.05) is 31.2 Å². The first-order valence-electron chi connectivity index (χ1n) is 7.96. The van der Waals surface area contributed by atoms with Gasteiger partial charge in [-0.3, -0.25) is 9.59 Å². The monoisotopic (exact) mass is 393 g/mol. The molecule has 0 bridgehead atoms. The molecule has 26 heavy (non-hydrogen) atoms. The van der Waals surface area contributed by atoms with Crippen LogP contribution in [0.1, 0.15) is 12.0 Å². The van der Waals surface area contributed by atoms with Crippen LogP contribution >= 0.6 is 23.4 Å². The second kappa shape index (κ2) is 10.1. The van der Waals surface area contributed by atoms with E-state index in [0.29, 0.717) is 22.2 Å². The molecule has 2 aromatic carbocycles. The molecule has 138 valence electrons. The molecule has 0 aliphatic carbocycles. The largest absolute Gasteiger partial charge is 0.495 e. The molecule has 0 heterocycles. The Kier molecular flexibility index (Phi) is 7.81. The van der Waals surface area contributed by atoms with Crippen LogP contribution in [-0.2, 0) is 14.3 Å². The third-order valence-corrected chi connectivity index (χ3v) is 4.70. The Hall–Kier alpha value is -2.18. The minimum absolute atomic E-state index is 0.236. The lowest BCUT2D eigenvalue weighted by Crippen LogP contribution is -2.21. The molecule has 0 aliphatic rings. The molecule has 2 rings (SSSR count). The third-order valence-electron chi connectivity index (χ3n) is 3.40. The number of thioether (sulfide) groups is 1. The summed E-state index contributed by atoms with van der Waals surface area (Å²) in [7, 11) is 1.51. The van der Waals surface area contributed by atoms with Crippen molar-refractivity contribution in [1.29, 1.82) is 0 Å². The highest BCUT2D eigenvalue weighted by molar-refractivity contribution is 7.99. The minimum atomic E-state index is -0.425. The van der Waals surface area contributed by atoms with Gasteiger partial charge >= 0.3 is 5.97 Å². The van der Waals surface area contributed by atoms with Gasteiger partial charge in [0.25, 0.3) is 5.91 Å². The van der Waals surface area contributed by atoms with E-state index in [9.17, 15) is 9.59 Å². The van der Waals surface area contributed by atoms with Gasteiger partial charge in [-0.15, -0.1) is 11.8 Å². The first-order chi connectivity index (χ1) is 12.5. The van der Waals surface area contributed by atoms with Gasteiger partial charge in [-0.2, -0.15) is 0 Å². The standard InChI is InChI=1S/C19H20ClNO4S/c1-13-3-6-15(7-4-13)26-10-9-19(23)25-12-18(22)21-14-5-8-17(24-2)16(20)11-14/h3-8,11H,9-10,12H2,1-2H3,(H,21,22). The Bertz CT molecular complexity index is 765. The van der Waals surface area contributed by atoms with Gasteiger partial charge in [-0.05, 0) is 37.3 Å². The number of anilines is 1. The maximum atomic E-state index is 11.8. The normalized spacial score (nSPS) is 10.3. The third kappa shape index (κ3) is 6.61. The van der Waals surface area contributed by atoms with Crippen molar-refractivity contribution < 1.29 is 19.1 Å². The number of esters is 1. The van der Waals surface area contributed by atoms with E-state index >= 15 is 0 Å². The number of carbonyl (C=O) groups excluding carboxylic acids is 2. The topological polar surface area (TPSA) is 64.6 Å². The number of hydrogen-bond donors (Lipinski definition) is 1. The lowest BCUT2D eigenvalue weighted by Gasteiger charge is -2.08. The first-order valence-corrected chi connectivity index (χ1v) is 9.33. The number of hydrogen-bond acceptors (Lipinski definition) is 5. The molecule has 0 aliphatic heterocycles. The van der Waals surface area contributed by atoms with Crippen LogP contribution in [0.4, 0.5) is 5.69 Å². The van der Waals surface area contributed by atoms with Gasteiger partial charge in [0, 0.05) is 16.3 Å². The number of carbonyl (C=O) groups is 2. The number of amides is 1. The summed E-state index contributed by atoms with van der Waals surface area (Å²) < 4.78 is 10.0. The van der Waals surface area contributed by atoms with E-state index < -0.39 is 11.9 Å². The van der Waals surface area contributed by atoms with Crippen LogP contribution < -0.4 is 10.1 Å². The predicted molar refractivity (Wildman–Crippen MR) is 104 cm³/mol. The van der Waals surface area contributed by atoms with Crippen molar-refractivity contribution in [3.05, 3.63) is 53.1 Å². The summed E-state index contributed by atoms with van der Waals surface area (Å²) in [6, 6.07) is 12.9. The van der Waals surface area contributed by atoms with Crippen molar-refractivity contribution in [2.24, 2.45) is 0 Å². The fraction of sp³-hybridized carbons (Fsp3) is 0.263. The van der Waals surface area contributed by atoms with Crippen LogP contribution in [0.3, 0.4) is 0 Å². The minimum Gasteiger partial charge on any atom is -0.495 e. The van der Waals surface area contributed by atoms with Gasteiger partial charge in [-0.1, -0.05) is 29.3 Å². The van der Waals surface area contributed by atoms with Crippen LogP contribution in [0.5, 0.6) is 5.75 Å². The number of nitrogens with one attached hydrogen (secondary N) is 1. The van der Waals surface area contributed by atoms with Crippen LogP contribution in [0, 0.1) is 6.92 Å². The summed E-state index contributed by atoms with van der Waals surface area (Å²) >= 11 is 7.56. The Balaban J connectivity index is 1.68. The highest BCUT2D eigenvalue weighted by atomic mass is 35.5. The highest BCUT2D eigenvalue weighted by Crippen LogP contribution is 2.27. The van der Waals surface area contributed by atoms with Crippen molar-refractivity contribution in [2.45, 2.75) is 18.2 Å². The molecule has 0 aromatic heterocycles. The smallest absolute Gasteiger partial charge is 0.307 e. The van der Waals surface area contributed by atoms with Crippen molar-refractivity contribution in [3.63, 3.8) is 0 Å². The average molecular weight is 394 g/mol. The maximum absolute atomic E-state index is 11.8. The van der Waals surface area contributed by atoms with E-state index in [4.69, 9.17) is 21.1 Å². The van der Waals surface area contributed by atoms with Crippen molar-refractivity contribution in [3.8, 4) is 5.75 Å². The van der Waals surface area contributed by atoms with E-state index in [0.717, 1.165) is 4.90 Å². The Labute approximate surface area is 162 Å². The molecule has 0 fully saturated rings. The highest BCUT2D eigenvalue weighted by Gasteiger charge is 2.09. The van der Waals surface area contributed by atoms with Gasteiger partial charge in [-0.25, -0.2) is 0 Å². The second-order valence-electron chi connectivity index (χ2n) is 5.47. The zero-order valence-corrected chi connectivity index (χ0v) is 16.2. The summed E-state index contributed by atoms with van der Waals surface area (Å²) in [6.07, 6.45) is 0.236. The van der Waals surface area contributed by atoms with Gasteiger partial charge in [0.2, 0.25) is 0 Å². The number of methoxy groups -OCH3 is 1. The van der Waals surface area contributed by atoms with E-state index in [2.05, 4.69) is 5.32 Å². The summed E-state index contributed by atoms with van der Waals surface area (Å²) in [5.41, 5.74) is 1.70. The molecule has 1 N–H and O–H groups in total. The molecule has 0 saturated heterocycles. The summed E-state index contributed by atoms with van der Waals surface area (Å²) in [6.45, 7) is 1.69. The summed E-state index contributed by atoms with van der Waals surface area (Å²) in [4.78, 5) is 24.7. The van der Waals surface area contributed by atoms with Crippen LogP contribution in [0.2, 0.25) is 5.02 Å². The predicted octanol–water partition coefficient (Wildman–Crippen LogP) is 4.32. The van der Waals surface area contributed by atoms with Gasteiger partial charge in [0.15, 0.2) is 6.61 Å². The Morgan fingerprint density at radius 3 is 2.54 bits per heavy atom. The lowest BCUT2D eigenvalue weighted by molar-refractivity contribution is -0.146. The van der Waals surface area contributed by atoms with Crippen LogP contribution in [0.15, 0.2) is 47.4 Å². The molecular formula is C19H20ClNO4S. The number of ether oxygens (including phenoxy) is 2. The molecule has 7 heteroatoms. The molecule has 0 unspecified atom stereocenters. The SMILES string of the molecule is COc1ccc(NC(=O)COC(=O)CCSc2ccc(C)cc2)cc1Cl. The zero-order chi connectivity index (χ0) is 18.9. The summed E-state index contributed by atoms with van der Waals surface area (Å²) in [5.74, 6) is 0.276. The number of rotatable bonds is 8. The zero-order valence-electron chi connectivity index (χ0n) is 14.6. The first kappa shape index (κ1) is 20.1. The molecule has 0 radical (unpaired) electrons. The molecule has 5 nitrogen and oxygen atoms in total. The van der Waals surface area contributed by atoms with Crippen molar-refractivity contribution in [1.82, 2.24) is 0 Å². The van der Waals surface area contributed by atoms with Crippen LogP contribution in [-0.4, -0.2) is 31.3 Å². The quantitative estimate of drug-likeness (QED) is 0.534. The van der Waals surface area contributed by atoms with Gasteiger partial charge < -0.3 is 14.8 Å².